The third-order valence-electron chi connectivity index (χ3n) is 3.87. The van der Waals surface area contributed by atoms with Crippen LogP contribution in [0, 0.1) is 0 Å². The Hall–Kier alpha value is -1.70. The van der Waals surface area contributed by atoms with Gasteiger partial charge in [0.25, 0.3) is 0 Å². The first kappa shape index (κ1) is 15.2. The van der Waals surface area contributed by atoms with Gasteiger partial charge < -0.3 is 19.0 Å². The monoisotopic (exact) mass is 306 g/mol. The van der Waals surface area contributed by atoms with Crippen LogP contribution < -0.4 is 5.32 Å². The van der Waals surface area contributed by atoms with Crippen molar-refractivity contribution in [3.63, 3.8) is 0 Å². The molecule has 3 rings (SSSR count). The van der Waals surface area contributed by atoms with Crippen LogP contribution in [0.5, 0.6) is 0 Å². The molecule has 0 radical (unpaired) electrons. The molecule has 1 N–H and O–H groups in total. The van der Waals surface area contributed by atoms with Crippen LogP contribution in [0.3, 0.4) is 0 Å². The third kappa shape index (κ3) is 4.16. The van der Waals surface area contributed by atoms with Gasteiger partial charge in [-0.1, -0.05) is 5.16 Å². The summed E-state index contributed by atoms with van der Waals surface area (Å²) in [5, 5.41) is 7.34. The van der Waals surface area contributed by atoms with E-state index in [0.29, 0.717) is 30.9 Å². The summed E-state index contributed by atoms with van der Waals surface area (Å²) in [5.41, 5.74) is 0. The molecule has 22 heavy (non-hydrogen) atoms. The summed E-state index contributed by atoms with van der Waals surface area (Å²) in [6, 6.07) is 4.45. The molecular weight excluding hydrogens is 284 g/mol. The summed E-state index contributed by atoms with van der Waals surface area (Å²) >= 11 is 0. The van der Waals surface area contributed by atoms with Crippen molar-refractivity contribution in [2.24, 2.45) is 0 Å². The lowest BCUT2D eigenvalue weighted by Gasteiger charge is -2.31. The Kier molecular flexibility index (Phi) is 5.20. The fourth-order valence-electron chi connectivity index (χ4n) is 2.70. The predicted octanol–water partition coefficient (Wildman–Crippen LogP) is 1.56. The molecule has 3 heterocycles. The standard InChI is InChI=1S/C15H22N4O3/c1-20-11-14-17-15(22-18-14)9-16-12-4-6-19(7-5-12)10-13-3-2-8-21-13/h2-3,8,12,16H,4-7,9-11H2,1H3. The number of aromatic nitrogens is 2. The van der Waals surface area contributed by atoms with Crippen molar-refractivity contribution < 1.29 is 13.7 Å². The van der Waals surface area contributed by atoms with Crippen molar-refractivity contribution in [1.82, 2.24) is 20.4 Å². The van der Waals surface area contributed by atoms with Crippen molar-refractivity contribution in [3.8, 4) is 0 Å². The average Bonchev–Trinajstić information content (AvgIpc) is 3.19. The Bertz CT molecular complexity index is 547. The molecule has 2 aromatic heterocycles. The van der Waals surface area contributed by atoms with E-state index >= 15 is 0 Å². The molecule has 2 aromatic rings. The van der Waals surface area contributed by atoms with E-state index in [9.17, 15) is 0 Å². The number of nitrogens with zero attached hydrogens (tertiary/aromatic N) is 3. The smallest absolute Gasteiger partial charge is 0.240 e. The first-order valence-corrected chi connectivity index (χ1v) is 7.62. The second kappa shape index (κ2) is 7.53. The van der Waals surface area contributed by atoms with Gasteiger partial charge in [-0.15, -0.1) is 0 Å². The zero-order valence-electron chi connectivity index (χ0n) is 12.8. The highest BCUT2D eigenvalue weighted by molar-refractivity contribution is 4.98. The fourth-order valence-corrected chi connectivity index (χ4v) is 2.70. The molecule has 1 aliphatic heterocycles. The van der Waals surface area contributed by atoms with Crippen LogP contribution in [-0.2, 0) is 24.4 Å². The lowest BCUT2D eigenvalue weighted by molar-refractivity contribution is 0.174. The van der Waals surface area contributed by atoms with Crippen LogP contribution in [0.4, 0.5) is 0 Å². The Morgan fingerprint density at radius 3 is 3.00 bits per heavy atom. The third-order valence-corrected chi connectivity index (χ3v) is 3.87. The van der Waals surface area contributed by atoms with Gasteiger partial charge in [0.2, 0.25) is 5.89 Å². The Morgan fingerprint density at radius 1 is 1.41 bits per heavy atom. The van der Waals surface area contributed by atoms with Crippen LogP contribution in [0.15, 0.2) is 27.3 Å². The Balaban J connectivity index is 1.38. The number of piperidine rings is 1. The number of rotatable bonds is 7. The minimum Gasteiger partial charge on any atom is -0.468 e. The molecule has 0 amide bonds. The molecule has 120 valence electrons. The minimum atomic E-state index is 0.384. The summed E-state index contributed by atoms with van der Waals surface area (Å²) in [5.74, 6) is 2.24. The van der Waals surface area contributed by atoms with Gasteiger partial charge in [-0.05, 0) is 25.0 Å². The molecule has 1 aliphatic rings. The summed E-state index contributed by atoms with van der Waals surface area (Å²) in [6.45, 7) is 4.02. The van der Waals surface area contributed by atoms with Gasteiger partial charge in [0.1, 0.15) is 12.4 Å². The highest BCUT2D eigenvalue weighted by atomic mass is 16.5. The van der Waals surface area contributed by atoms with Crippen molar-refractivity contribution in [2.45, 2.75) is 38.6 Å². The van der Waals surface area contributed by atoms with Gasteiger partial charge in [0, 0.05) is 26.2 Å². The van der Waals surface area contributed by atoms with Gasteiger partial charge in [-0.2, -0.15) is 4.98 Å². The van der Waals surface area contributed by atoms with Crippen LogP contribution in [0.2, 0.25) is 0 Å². The second-order valence-corrected chi connectivity index (χ2v) is 5.55. The zero-order valence-corrected chi connectivity index (χ0v) is 12.8. The number of hydrogen-bond acceptors (Lipinski definition) is 7. The van der Waals surface area contributed by atoms with Crippen LogP contribution in [0.25, 0.3) is 0 Å². The molecule has 1 fully saturated rings. The van der Waals surface area contributed by atoms with Crippen LogP contribution in [0.1, 0.15) is 30.3 Å². The molecule has 0 aromatic carbocycles. The number of likely N-dealkylation sites (tertiary alicyclic amines) is 1. The number of hydrogen-bond donors (Lipinski definition) is 1. The van der Waals surface area contributed by atoms with E-state index in [1.165, 1.54) is 0 Å². The van der Waals surface area contributed by atoms with E-state index in [1.807, 2.05) is 12.1 Å². The van der Waals surface area contributed by atoms with Gasteiger partial charge in [0.05, 0.1) is 19.4 Å². The van der Waals surface area contributed by atoms with E-state index in [1.54, 1.807) is 13.4 Å². The average molecular weight is 306 g/mol. The van der Waals surface area contributed by atoms with Crippen molar-refractivity contribution >= 4 is 0 Å². The van der Waals surface area contributed by atoms with Crippen molar-refractivity contribution in [3.05, 3.63) is 35.9 Å². The van der Waals surface area contributed by atoms with Gasteiger partial charge in [-0.3, -0.25) is 4.90 Å². The molecule has 1 saturated heterocycles. The quantitative estimate of drug-likeness (QED) is 0.832. The molecule has 0 atom stereocenters. The normalized spacial score (nSPS) is 17.1. The second-order valence-electron chi connectivity index (χ2n) is 5.55. The predicted molar refractivity (Wildman–Crippen MR) is 78.9 cm³/mol. The molecule has 0 spiro atoms. The van der Waals surface area contributed by atoms with Gasteiger partial charge in [0.15, 0.2) is 5.82 Å². The highest BCUT2D eigenvalue weighted by Gasteiger charge is 2.20. The Morgan fingerprint density at radius 2 is 2.27 bits per heavy atom. The number of furan rings is 1. The number of methoxy groups -OCH3 is 1. The molecule has 7 heteroatoms. The zero-order chi connectivity index (χ0) is 15.2. The largest absolute Gasteiger partial charge is 0.468 e. The molecular formula is C15H22N4O3. The molecule has 0 saturated carbocycles. The SMILES string of the molecule is COCc1noc(CNC2CCN(Cc3ccco3)CC2)n1. The summed E-state index contributed by atoms with van der Waals surface area (Å²) in [6.07, 6.45) is 3.95. The van der Waals surface area contributed by atoms with Crippen LogP contribution in [-0.4, -0.2) is 41.3 Å². The Labute approximate surface area is 129 Å². The first-order chi connectivity index (χ1) is 10.8. The summed E-state index contributed by atoms with van der Waals surface area (Å²) in [7, 11) is 1.62. The minimum absolute atomic E-state index is 0.384. The highest BCUT2D eigenvalue weighted by Crippen LogP contribution is 2.14. The number of ether oxygens (including phenoxy) is 1. The van der Waals surface area contributed by atoms with Crippen LogP contribution >= 0.6 is 0 Å². The lowest BCUT2D eigenvalue weighted by atomic mass is 10.0. The van der Waals surface area contributed by atoms with E-state index in [-0.39, 0.29) is 0 Å². The van der Waals surface area contributed by atoms with E-state index in [0.717, 1.165) is 38.2 Å². The maximum atomic E-state index is 5.40. The van der Waals surface area contributed by atoms with E-state index in [2.05, 4.69) is 20.4 Å². The van der Waals surface area contributed by atoms with Gasteiger partial charge in [-0.25, -0.2) is 0 Å². The van der Waals surface area contributed by atoms with E-state index < -0.39 is 0 Å². The van der Waals surface area contributed by atoms with Gasteiger partial charge >= 0.3 is 0 Å². The fraction of sp³-hybridized carbons (Fsp3) is 0.600. The van der Waals surface area contributed by atoms with Crippen molar-refractivity contribution in [1.29, 1.82) is 0 Å². The molecule has 7 nitrogen and oxygen atoms in total. The summed E-state index contributed by atoms with van der Waals surface area (Å²) in [4.78, 5) is 6.68. The van der Waals surface area contributed by atoms with E-state index in [4.69, 9.17) is 13.7 Å². The molecule has 0 bridgehead atoms. The number of nitrogens with one attached hydrogen (secondary N) is 1. The maximum absolute atomic E-state index is 5.40. The topological polar surface area (TPSA) is 76.6 Å². The summed E-state index contributed by atoms with van der Waals surface area (Å²) < 4.78 is 15.5. The molecule has 0 aliphatic carbocycles. The van der Waals surface area contributed by atoms with Crippen molar-refractivity contribution in [2.75, 3.05) is 20.2 Å². The maximum Gasteiger partial charge on any atom is 0.240 e. The molecule has 0 unspecified atom stereocenters. The first-order valence-electron chi connectivity index (χ1n) is 7.62. The lowest BCUT2D eigenvalue weighted by Crippen LogP contribution is -2.41.